The molecule has 1 saturated carbocycles. The van der Waals surface area contributed by atoms with Gasteiger partial charge in [-0.05, 0) is 45.4 Å². The average molecular weight is 242 g/mol. The van der Waals surface area contributed by atoms with E-state index in [0.717, 1.165) is 25.7 Å². The van der Waals surface area contributed by atoms with Crippen LogP contribution in [-0.2, 0) is 14.3 Å². The molecule has 0 aromatic rings. The van der Waals surface area contributed by atoms with Crippen molar-refractivity contribution in [3.63, 3.8) is 0 Å². The Morgan fingerprint density at radius 2 is 1.94 bits per heavy atom. The number of methoxy groups -OCH3 is 1. The fraction of sp³-hybridized carbons (Fsp3) is 0.929. The Bertz CT molecular complexity index is 220. The molecule has 1 aliphatic rings. The van der Waals surface area contributed by atoms with Crippen LogP contribution in [0.2, 0.25) is 0 Å². The first-order chi connectivity index (χ1) is 8.19. The van der Waals surface area contributed by atoms with Crippen molar-refractivity contribution < 1.29 is 14.3 Å². The van der Waals surface area contributed by atoms with Gasteiger partial charge in [-0.3, -0.25) is 4.79 Å². The lowest BCUT2D eigenvalue weighted by Crippen LogP contribution is -2.28. The quantitative estimate of drug-likeness (QED) is 0.644. The summed E-state index contributed by atoms with van der Waals surface area (Å²) in [5.74, 6) is 1.30. The molecule has 0 bridgehead atoms. The van der Waals surface area contributed by atoms with E-state index < -0.39 is 0 Å². The molecule has 17 heavy (non-hydrogen) atoms. The SMILES string of the molecule is CCOCCC(=O)C1CCC([C@@H](C)OC)CC1. The lowest BCUT2D eigenvalue weighted by molar-refractivity contribution is -0.125. The van der Waals surface area contributed by atoms with Crippen LogP contribution < -0.4 is 0 Å². The molecule has 1 fully saturated rings. The lowest BCUT2D eigenvalue weighted by Gasteiger charge is -2.30. The Morgan fingerprint density at radius 3 is 2.47 bits per heavy atom. The van der Waals surface area contributed by atoms with E-state index in [1.807, 2.05) is 6.92 Å². The second-order valence-electron chi connectivity index (χ2n) is 4.97. The van der Waals surface area contributed by atoms with Crippen LogP contribution in [0.4, 0.5) is 0 Å². The van der Waals surface area contributed by atoms with E-state index in [-0.39, 0.29) is 5.92 Å². The molecular weight excluding hydrogens is 216 g/mol. The Hall–Kier alpha value is -0.410. The zero-order valence-corrected chi connectivity index (χ0v) is 11.4. The monoisotopic (exact) mass is 242 g/mol. The van der Waals surface area contributed by atoms with Crippen molar-refractivity contribution in [2.45, 2.75) is 52.1 Å². The van der Waals surface area contributed by atoms with E-state index in [9.17, 15) is 4.79 Å². The first kappa shape index (κ1) is 14.7. The first-order valence-corrected chi connectivity index (χ1v) is 6.82. The third-order valence-electron chi connectivity index (χ3n) is 3.96. The number of ether oxygens (including phenoxy) is 2. The maximum Gasteiger partial charge on any atom is 0.138 e. The van der Waals surface area contributed by atoms with Crippen molar-refractivity contribution in [3.05, 3.63) is 0 Å². The lowest BCUT2D eigenvalue weighted by atomic mass is 9.77. The molecule has 100 valence electrons. The summed E-state index contributed by atoms with van der Waals surface area (Å²) >= 11 is 0. The number of carbonyl (C=O) groups is 1. The Labute approximate surface area is 105 Å². The van der Waals surface area contributed by atoms with Crippen molar-refractivity contribution in [2.75, 3.05) is 20.3 Å². The fourth-order valence-corrected chi connectivity index (χ4v) is 2.62. The van der Waals surface area contributed by atoms with Gasteiger partial charge in [0.05, 0.1) is 12.7 Å². The summed E-state index contributed by atoms with van der Waals surface area (Å²) in [5.41, 5.74) is 0. The molecule has 0 aliphatic heterocycles. The van der Waals surface area contributed by atoms with Gasteiger partial charge in [-0.1, -0.05) is 0 Å². The summed E-state index contributed by atoms with van der Waals surface area (Å²) in [4.78, 5) is 11.9. The third kappa shape index (κ3) is 4.76. The minimum absolute atomic E-state index is 0.274. The van der Waals surface area contributed by atoms with E-state index in [2.05, 4.69) is 6.92 Å². The highest BCUT2D eigenvalue weighted by atomic mass is 16.5. The molecule has 1 atom stereocenters. The molecule has 1 rings (SSSR count). The maximum absolute atomic E-state index is 11.9. The van der Waals surface area contributed by atoms with Gasteiger partial charge in [-0.2, -0.15) is 0 Å². The summed E-state index contributed by atoms with van der Waals surface area (Å²) in [6.45, 7) is 5.37. The summed E-state index contributed by atoms with van der Waals surface area (Å²) in [5, 5.41) is 0. The smallest absolute Gasteiger partial charge is 0.138 e. The molecule has 0 spiro atoms. The van der Waals surface area contributed by atoms with Crippen LogP contribution in [0.1, 0.15) is 46.0 Å². The largest absolute Gasteiger partial charge is 0.381 e. The number of rotatable bonds is 7. The van der Waals surface area contributed by atoms with Gasteiger partial charge >= 0.3 is 0 Å². The van der Waals surface area contributed by atoms with Gasteiger partial charge in [0.2, 0.25) is 0 Å². The van der Waals surface area contributed by atoms with Gasteiger partial charge in [-0.15, -0.1) is 0 Å². The molecule has 0 radical (unpaired) electrons. The van der Waals surface area contributed by atoms with E-state index in [4.69, 9.17) is 9.47 Å². The topological polar surface area (TPSA) is 35.5 Å². The van der Waals surface area contributed by atoms with Crippen molar-refractivity contribution in [2.24, 2.45) is 11.8 Å². The van der Waals surface area contributed by atoms with Gasteiger partial charge < -0.3 is 9.47 Å². The summed E-state index contributed by atoms with van der Waals surface area (Å²) in [7, 11) is 1.77. The van der Waals surface area contributed by atoms with Crippen molar-refractivity contribution >= 4 is 5.78 Å². The molecule has 0 heterocycles. The summed E-state index contributed by atoms with van der Waals surface area (Å²) in [6.07, 6.45) is 5.23. The third-order valence-corrected chi connectivity index (χ3v) is 3.96. The Morgan fingerprint density at radius 1 is 1.29 bits per heavy atom. The number of ketones is 1. The van der Waals surface area contributed by atoms with E-state index in [1.165, 1.54) is 0 Å². The van der Waals surface area contributed by atoms with Crippen LogP contribution >= 0.6 is 0 Å². The van der Waals surface area contributed by atoms with Gasteiger partial charge in [0.1, 0.15) is 5.78 Å². The first-order valence-electron chi connectivity index (χ1n) is 6.82. The van der Waals surface area contributed by atoms with Crippen LogP contribution in [0.3, 0.4) is 0 Å². The predicted molar refractivity (Wildman–Crippen MR) is 68.0 cm³/mol. The minimum atomic E-state index is 0.274. The zero-order valence-electron chi connectivity index (χ0n) is 11.4. The van der Waals surface area contributed by atoms with Gasteiger partial charge in [0.15, 0.2) is 0 Å². The summed E-state index contributed by atoms with van der Waals surface area (Å²) in [6, 6.07) is 0. The molecule has 0 aromatic carbocycles. The van der Waals surface area contributed by atoms with Crippen LogP contribution in [0.5, 0.6) is 0 Å². The van der Waals surface area contributed by atoms with Crippen molar-refractivity contribution in [3.8, 4) is 0 Å². The van der Waals surface area contributed by atoms with E-state index in [0.29, 0.717) is 37.4 Å². The van der Waals surface area contributed by atoms with Gasteiger partial charge in [0, 0.05) is 26.1 Å². The maximum atomic E-state index is 11.9. The molecular formula is C14H26O3. The van der Waals surface area contributed by atoms with E-state index >= 15 is 0 Å². The minimum Gasteiger partial charge on any atom is -0.381 e. The van der Waals surface area contributed by atoms with Crippen LogP contribution in [0, 0.1) is 11.8 Å². The molecule has 0 N–H and O–H groups in total. The summed E-state index contributed by atoms with van der Waals surface area (Å²) < 4.78 is 10.6. The number of carbonyl (C=O) groups excluding carboxylic acids is 1. The Kier molecular flexibility index (Phi) is 6.75. The van der Waals surface area contributed by atoms with Crippen LogP contribution in [0.15, 0.2) is 0 Å². The zero-order chi connectivity index (χ0) is 12.7. The highest BCUT2D eigenvalue weighted by Gasteiger charge is 2.28. The second kappa shape index (κ2) is 7.83. The average Bonchev–Trinajstić information content (AvgIpc) is 2.38. The molecule has 3 heteroatoms. The van der Waals surface area contributed by atoms with Crippen molar-refractivity contribution in [1.29, 1.82) is 0 Å². The molecule has 0 aromatic heterocycles. The molecule has 3 nitrogen and oxygen atoms in total. The highest BCUT2D eigenvalue weighted by Crippen LogP contribution is 2.32. The second-order valence-corrected chi connectivity index (χ2v) is 4.97. The predicted octanol–water partition coefficient (Wildman–Crippen LogP) is 2.82. The Balaban J connectivity index is 2.24. The fourth-order valence-electron chi connectivity index (χ4n) is 2.62. The number of hydrogen-bond acceptors (Lipinski definition) is 3. The normalized spacial score (nSPS) is 26.8. The highest BCUT2D eigenvalue weighted by molar-refractivity contribution is 5.81. The van der Waals surface area contributed by atoms with Gasteiger partial charge in [0.25, 0.3) is 0 Å². The van der Waals surface area contributed by atoms with Crippen LogP contribution in [-0.4, -0.2) is 32.2 Å². The number of hydrogen-bond donors (Lipinski definition) is 0. The van der Waals surface area contributed by atoms with E-state index in [1.54, 1.807) is 7.11 Å². The van der Waals surface area contributed by atoms with Crippen molar-refractivity contribution in [1.82, 2.24) is 0 Å². The molecule has 0 unspecified atom stereocenters. The molecule has 0 saturated heterocycles. The molecule has 0 amide bonds. The van der Waals surface area contributed by atoms with Crippen LogP contribution in [0.25, 0.3) is 0 Å². The van der Waals surface area contributed by atoms with Gasteiger partial charge in [-0.25, -0.2) is 0 Å². The standard InChI is InChI=1S/C14H26O3/c1-4-17-10-9-14(15)13-7-5-12(6-8-13)11(2)16-3/h11-13H,4-10H2,1-3H3/t11-,12?,13?/m1/s1. The number of Topliss-reactive ketones (excluding diaryl/α,β-unsaturated/α-hetero) is 1. The molecule has 1 aliphatic carbocycles.